The van der Waals surface area contributed by atoms with Gasteiger partial charge in [-0.25, -0.2) is 4.39 Å². The van der Waals surface area contributed by atoms with Gasteiger partial charge in [-0.3, -0.25) is 4.57 Å². The molecule has 0 aliphatic carbocycles. The Balaban J connectivity index is 2.44. The average molecular weight is 327 g/mol. The highest BCUT2D eigenvalue weighted by atomic mass is 35.5. The summed E-state index contributed by atoms with van der Waals surface area (Å²) in [7, 11) is 0. The summed E-state index contributed by atoms with van der Waals surface area (Å²) in [5.74, 6) is -0.480. The van der Waals surface area contributed by atoms with E-state index in [-0.39, 0.29) is 10.0 Å². The van der Waals surface area contributed by atoms with Gasteiger partial charge in [0.1, 0.15) is 5.82 Å². The second kappa shape index (κ2) is 4.88. The second-order valence-electron chi connectivity index (χ2n) is 4.50. The van der Waals surface area contributed by atoms with Gasteiger partial charge >= 0.3 is 0 Å². The van der Waals surface area contributed by atoms with Crippen molar-refractivity contribution in [3.8, 4) is 5.69 Å². The Hall–Kier alpha value is -1.36. The quantitative estimate of drug-likeness (QED) is 0.590. The molecule has 0 unspecified atom stereocenters. The molecular weight excluding hydrogens is 318 g/mol. The molecule has 3 aromatic rings. The maximum atomic E-state index is 13.3. The first kappa shape index (κ1) is 13.6. The van der Waals surface area contributed by atoms with Gasteiger partial charge in [-0.05, 0) is 49.0 Å². The molecule has 0 saturated heterocycles. The van der Waals surface area contributed by atoms with Gasteiger partial charge in [0.15, 0.2) is 4.77 Å². The van der Waals surface area contributed by atoms with Crippen LogP contribution >= 0.6 is 35.4 Å². The number of nitrogens with one attached hydrogen (secondary N) is 1. The van der Waals surface area contributed by atoms with Gasteiger partial charge in [0, 0.05) is 0 Å². The van der Waals surface area contributed by atoms with Crippen LogP contribution in [-0.4, -0.2) is 9.55 Å². The number of aromatic amines is 1. The van der Waals surface area contributed by atoms with E-state index in [9.17, 15) is 4.39 Å². The molecule has 0 amide bonds. The molecule has 0 aliphatic rings. The average Bonchev–Trinajstić information content (AvgIpc) is 2.65. The largest absolute Gasteiger partial charge is 0.330 e. The van der Waals surface area contributed by atoms with Gasteiger partial charge in [0.05, 0.1) is 26.8 Å². The minimum atomic E-state index is -0.480. The molecule has 0 atom stereocenters. The number of aromatic nitrogens is 2. The highest BCUT2D eigenvalue weighted by Gasteiger charge is 2.15. The first-order valence-electron chi connectivity index (χ1n) is 5.83. The van der Waals surface area contributed by atoms with E-state index >= 15 is 0 Å². The number of nitrogens with zero attached hydrogens (tertiary/aromatic N) is 1. The molecule has 3 rings (SSSR count). The number of H-pyrrole nitrogens is 1. The monoisotopic (exact) mass is 326 g/mol. The van der Waals surface area contributed by atoms with Crippen molar-refractivity contribution < 1.29 is 4.39 Å². The molecule has 1 heterocycles. The lowest BCUT2D eigenvalue weighted by Crippen LogP contribution is -1.97. The number of aryl methyl sites for hydroxylation is 1. The van der Waals surface area contributed by atoms with Gasteiger partial charge in [-0.1, -0.05) is 29.3 Å². The van der Waals surface area contributed by atoms with Gasteiger partial charge in [-0.15, -0.1) is 0 Å². The molecule has 0 aliphatic heterocycles. The highest BCUT2D eigenvalue weighted by Crippen LogP contribution is 2.32. The van der Waals surface area contributed by atoms with E-state index in [0.717, 1.165) is 16.6 Å². The van der Waals surface area contributed by atoms with Crippen molar-refractivity contribution in [3.05, 3.63) is 56.5 Å². The van der Waals surface area contributed by atoms with Crippen LogP contribution in [-0.2, 0) is 0 Å². The van der Waals surface area contributed by atoms with Crippen molar-refractivity contribution in [3.63, 3.8) is 0 Å². The molecule has 0 saturated carbocycles. The summed E-state index contributed by atoms with van der Waals surface area (Å²) >= 11 is 17.6. The summed E-state index contributed by atoms with van der Waals surface area (Å²) in [5, 5.41) is 0.432. The molecule has 20 heavy (non-hydrogen) atoms. The smallest absolute Gasteiger partial charge is 0.182 e. The normalized spacial score (nSPS) is 11.2. The fourth-order valence-corrected chi connectivity index (χ4v) is 3.11. The lowest BCUT2D eigenvalue weighted by Gasteiger charge is -2.10. The highest BCUT2D eigenvalue weighted by molar-refractivity contribution is 7.71. The topological polar surface area (TPSA) is 20.7 Å². The predicted molar refractivity (Wildman–Crippen MR) is 83.2 cm³/mol. The third-order valence-electron chi connectivity index (χ3n) is 3.04. The fraction of sp³-hybridized carbons (Fsp3) is 0.0714. The van der Waals surface area contributed by atoms with Crippen molar-refractivity contribution in [2.24, 2.45) is 0 Å². The molecule has 0 radical (unpaired) electrons. The molecule has 0 spiro atoms. The van der Waals surface area contributed by atoms with Crippen molar-refractivity contribution in [1.29, 1.82) is 0 Å². The van der Waals surface area contributed by atoms with Crippen molar-refractivity contribution >= 4 is 46.5 Å². The first-order chi connectivity index (χ1) is 9.47. The summed E-state index contributed by atoms with van der Waals surface area (Å²) in [6.07, 6.45) is 0. The van der Waals surface area contributed by atoms with Crippen LogP contribution in [0.5, 0.6) is 0 Å². The maximum absolute atomic E-state index is 13.3. The summed E-state index contributed by atoms with van der Waals surface area (Å²) in [5.41, 5.74) is 3.29. The van der Waals surface area contributed by atoms with E-state index in [1.54, 1.807) is 4.57 Å². The number of hydrogen-bond donors (Lipinski definition) is 1. The Bertz CT molecular complexity index is 859. The third-order valence-corrected chi connectivity index (χ3v) is 3.90. The SMILES string of the molecule is Cc1ccc2[nH]c(=S)n(-c3c(Cl)cc(F)cc3Cl)c2c1. The Morgan fingerprint density at radius 3 is 2.45 bits per heavy atom. The second-order valence-corrected chi connectivity index (χ2v) is 5.71. The zero-order valence-electron chi connectivity index (χ0n) is 10.4. The van der Waals surface area contributed by atoms with Crippen molar-refractivity contribution in [1.82, 2.24) is 9.55 Å². The zero-order valence-corrected chi connectivity index (χ0v) is 12.7. The minimum Gasteiger partial charge on any atom is -0.330 e. The standard InChI is InChI=1S/C14H9Cl2FN2S/c1-7-2-3-11-12(4-7)19(14(20)18-11)13-9(15)5-8(17)6-10(13)16/h2-6H,1H3,(H,18,20). The van der Waals surface area contributed by atoms with Crippen LogP contribution in [0.1, 0.15) is 5.56 Å². The molecule has 0 fully saturated rings. The third kappa shape index (κ3) is 2.14. The number of imidazole rings is 1. The lowest BCUT2D eigenvalue weighted by molar-refractivity contribution is 0.627. The van der Waals surface area contributed by atoms with Crippen LogP contribution in [0.15, 0.2) is 30.3 Å². The van der Waals surface area contributed by atoms with E-state index in [4.69, 9.17) is 35.4 Å². The van der Waals surface area contributed by atoms with E-state index in [1.807, 2.05) is 25.1 Å². The summed E-state index contributed by atoms with van der Waals surface area (Å²) in [6.45, 7) is 1.98. The van der Waals surface area contributed by atoms with Crippen LogP contribution in [0, 0.1) is 17.5 Å². The fourth-order valence-electron chi connectivity index (χ4n) is 2.18. The van der Waals surface area contributed by atoms with Gasteiger partial charge in [0.25, 0.3) is 0 Å². The van der Waals surface area contributed by atoms with Crippen molar-refractivity contribution in [2.45, 2.75) is 6.92 Å². The van der Waals surface area contributed by atoms with Gasteiger partial charge in [0.2, 0.25) is 0 Å². The number of rotatable bonds is 1. The molecule has 6 heteroatoms. The summed E-state index contributed by atoms with van der Waals surface area (Å²) < 4.78 is 15.5. The Morgan fingerprint density at radius 1 is 1.15 bits per heavy atom. The lowest BCUT2D eigenvalue weighted by atomic mass is 10.2. The van der Waals surface area contributed by atoms with Crippen LogP contribution in [0.25, 0.3) is 16.7 Å². The van der Waals surface area contributed by atoms with E-state index < -0.39 is 5.82 Å². The molecule has 1 aromatic heterocycles. The Labute approximate surface area is 129 Å². The molecule has 2 nitrogen and oxygen atoms in total. The molecular formula is C14H9Cl2FN2S. The zero-order chi connectivity index (χ0) is 14.4. The number of fused-ring (bicyclic) bond motifs is 1. The van der Waals surface area contributed by atoms with Crippen LogP contribution < -0.4 is 0 Å². The van der Waals surface area contributed by atoms with Gasteiger partial charge < -0.3 is 4.98 Å². The van der Waals surface area contributed by atoms with Crippen molar-refractivity contribution in [2.75, 3.05) is 0 Å². The van der Waals surface area contributed by atoms with Crippen LogP contribution in [0.3, 0.4) is 0 Å². The molecule has 1 N–H and O–H groups in total. The van der Waals surface area contributed by atoms with E-state index in [0.29, 0.717) is 10.5 Å². The van der Waals surface area contributed by atoms with Gasteiger partial charge in [-0.2, -0.15) is 0 Å². The molecule has 2 aromatic carbocycles. The number of benzene rings is 2. The summed E-state index contributed by atoms with van der Waals surface area (Å²) in [6, 6.07) is 8.32. The molecule has 102 valence electrons. The number of halogens is 3. The minimum absolute atomic E-state index is 0.216. The summed E-state index contributed by atoms with van der Waals surface area (Å²) in [4.78, 5) is 3.09. The molecule has 0 bridgehead atoms. The Morgan fingerprint density at radius 2 is 1.80 bits per heavy atom. The first-order valence-corrected chi connectivity index (χ1v) is 7.00. The van der Waals surface area contributed by atoms with Crippen LogP contribution in [0.2, 0.25) is 10.0 Å². The maximum Gasteiger partial charge on any atom is 0.182 e. The predicted octanol–water partition coefficient (Wildman–Crippen LogP) is 5.44. The van der Waals surface area contributed by atoms with Crippen LogP contribution in [0.4, 0.5) is 4.39 Å². The van der Waals surface area contributed by atoms with E-state index in [2.05, 4.69) is 4.98 Å². The Kier molecular flexibility index (Phi) is 3.32. The number of hydrogen-bond acceptors (Lipinski definition) is 1. The van der Waals surface area contributed by atoms with E-state index in [1.165, 1.54) is 12.1 Å².